The molecule has 0 atom stereocenters. The van der Waals surface area contributed by atoms with E-state index >= 15 is 0 Å². The fraction of sp³-hybridized carbons (Fsp3) is 0.308. The van der Waals surface area contributed by atoms with Crippen LogP contribution in [0.1, 0.15) is 17.0 Å². The summed E-state index contributed by atoms with van der Waals surface area (Å²) in [6.45, 7) is 2.32. The maximum Gasteiger partial charge on any atom is 0.240 e. The summed E-state index contributed by atoms with van der Waals surface area (Å²) in [5.41, 5.74) is 7.02. The van der Waals surface area contributed by atoms with Crippen molar-refractivity contribution < 1.29 is 8.42 Å². The number of H-pyrrole nitrogens is 1. The van der Waals surface area contributed by atoms with E-state index in [0.29, 0.717) is 12.0 Å². The number of nitrogens with two attached hydrogens (primary N) is 1. The smallest absolute Gasteiger partial charge is 0.240 e. The summed E-state index contributed by atoms with van der Waals surface area (Å²) < 4.78 is 28.1. The predicted octanol–water partition coefficient (Wildman–Crippen LogP) is 1.46. The Bertz CT molecular complexity index is 714. The Labute approximate surface area is 132 Å². The number of nitrogens with zero attached hydrogens (tertiary/aromatic N) is 1. The molecule has 1 heterocycles. The molecule has 21 heavy (non-hydrogen) atoms. The fourth-order valence-electron chi connectivity index (χ4n) is 1.92. The lowest BCUT2D eigenvalue weighted by Gasteiger charge is -2.12. The topological polar surface area (TPSA) is 101 Å². The molecule has 1 aromatic carbocycles. The SMILES string of the molecule is Cc1c(Br)cc(CN)cc1S(=O)(=O)NCCc1ncc[nH]1. The monoisotopic (exact) mass is 372 g/mol. The van der Waals surface area contributed by atoms with Crippen LogP contribution in [0.2, 0.25) is 0 Å². The molecule has 8 heteroatoms. The second kappa shape index (κ2) is 6.69. The summed E-state index contributed by atoms with van der Waals surface area (Å²) in [6.07, 6.45) is 3.84. The average Bonchev–Trinajstić information content (AvgIpc) is 2.94. The summed E-state index contributed by atoms with van der Waals surface area (Å²) in [6, 6.07) is 3.44. The van der Waals surface area contributed by atoms with E-state index in [2.05, 4.69) is 30.6 Å². The highest BCUT2D eigenvalue weighted by Gasteiger charge is 2.19. The van der Waals surface area contributed by atoms with Crippen LogP contribution in [-0.4, -0.2) is 24.9 Å². The molecule has 0 aliphatic heterocycles. The minimum Gasteiger partial charge on any atom is -0.349 e. The van der Waals surface area contributed by atoms with E-state index < -0.39 is 10.0 Å². The molecule has 0 bridgehead atoms. The standard InChI is InChI=1S/C13H17BrN4O2S/c1-9-11(14)6-10(8-15)7-12(9)21(19,20)18-3-2-13-16-4-5-17-13/h4-7,18H,2-3,8,15H2,1H3,(H,16,17). The molecular formula is C13H17BrN4O2S. The minimum absolute atomic E-state index is 0.247. The molecule has 6 nitrogen and oxygen atoms in total. The predicted molar refractivity (Wildman–Crippen MR) is 84.3 cm³/mol. The number of hydrogen-bond acceptors (Lipinski definition) is 4. The van der Waals surface area contributed by atoms with Gasteiger partial charge in [0.25, 0.3) is 0 Å². The van der Waals surface area contributed by atoms with Gasteiger partial charge in [-0.2, -0.15) is 0 Å². The van der Waals surface area contributed by atoms with Gasteiger partial charge in [0.05, 0.1) is 4.90 Å². The van der Waals surface area contributed by atoms with Gasteiger partial charge in [0.15, 0.2) is 0 Å². The first kappa shape index (κ1) is 16.2. The van der Waals surface area contributed by atoms with E-state index in [4.69, 9.17) is 5.73 Å². The van der Waals surface area contributed by atoms with Crippen molar-refractivity contribution in [3.05, 3.63) is 46.0 Å². The molecule has 4 N–H and O–H groups in total. The average molecular weight is 373 g/mol. The van der Waals surface area contributed by atoms with Gasteiger partial charge in [-0.05, 0) is 30.2 Å². The first-order valence-corrected chi connectivity index (χ1v) is 8.68. The molecule has 2 aromatic rings. The summed E-state index contributed by atoms with van der Waals surface area (Å²) in [4.78, 5) is 7.23. The zero-order valence-corrected chi connectivity index (χ0v) is 14.0. The van der Waals surface area contributed by atoms with Crippen molar-refractivity contribution in [2.45, 2.75) is 24.8 Å². The normalized spacial score (nSPS) is 11.8. The molecule has 0 radical (unpaired) electrons. The second-order valence-corrected chi connectivity index (χ2v) is 7.18. The quantitative estimate of drug-likeness (QED) is 0.714. The van der Waals surface area contributed by atoms with E-state index in [1.807, 2.05) is 6.07 Å². The lowest BCUT2D eigenvalue weighted by Crippen LogP contribution is -2.27. The highest BCUT2D eigenvalue weighted by Crippen LogP contribution is 2.25. The molecule has 1 aromatic heterocycles. The molecule has 0 spiro atoms. The third kappa shape index (κ3) is 3.91. The summed E-state index contributed by atoms with van der Waals surface area (Å²) in [5.74, 6) is 0.742. The third-order valence-electron chi connectivity index (χ3n) is 3.09. The first-order valence-electron chi connectivity index (χ1n) is 6.41. The number of sulfonamides is 1. The lowest BCUT2D eigenvalue weighted by atomic mass is 10.1. The van der Waals surface area contributed by atoms with Crippen LogP contribution in [0.5, 0.6) is 0 Å². The zero-order valence-electron chi connectivity index (χ0n) is 11.6. The van der Waals surface area contributed by atoms with Crippen molar-refractivity contribution in [1.82, 2.24) is 14.7 Å². The number of nitrogens with one attached hydrogen (secondary N) is 2. The molecule has 0 saturated heterocycles. The van der Waals surface area contributed by atoms with Crippen LogP contribution in [0.3, 0.4) is 0 Å². The fourth-order valence-corrected chi connectivity index (χ4v) is 3.90. The van der Waals surface area contributed by atoms with Gasteiger partial charge in [0.1, 0.15) is 5.82 Å². The van der Waals surface area contributed by atoms with Gasteiger partial charge in [-0.3, -0.25) is 0 Å². The van der Waals surface area contributed by atoms with Crippen molar-refractivity contribution >= 4 is 26.0 Å². The number of aromatic amines is 1. The Morgan fingerprint density at radius 1 is 1.43 bits per heavy atom. The number of aromatic nitrogens is 2. The molecule has 2 rings (SSSR count). The Balaban J connectivity index is 2.17. The maximum atomic E-state index is 12.4. The molecule has 0 saturated carbocycles. The highest BCUT2D eigenvalue weighted by atomic mass is 79.9. The van der Waals surface area contributed by atoms with Crippen molar-refractivity contribution in [2.75, 3.05) is 6.54 Å². The van der Waals surface area contributed by atoms with Crippen LogP contribution in [0.4, 0.5) is 0 Å². The van der Waals surface area contributed by atoms with Crippen LogP contribution < -0.4 is 10.5 Å². The molecule has 0 amide bonds. The van der Waals surface area contributed by atoms with Gasteiger partial charge in [-0.25, -0.2) is 18.1 Å². The summed E-state index contributed by atoms with van der Waals surface area (Å²) >= 11 is 3.37. The number of hydrogen-bond donors (Lipinski definition) is 3. The van der Waals surface area contributed by atoms with Gasteiger partial charge < -0.3 is 10.7 Å². The third-order valence-corrected chi connectivity index (χ3v) is 5.50. The van der Waals surface area contributed by atoms with Crippen molar-refractivity contribution in [3.8, 4) is 0 Å². The lowest BCUT2D eigenvalue weighted by molar-refractivity contribution is 0.580. The van der Waals surface area contributed by atoms with E-state index in [1.165, 1.54) is 0 Å². The Kier molecular flexibility index (Phi) is 5.15. The van der Waals surface area contributed by atoms with Gasteiger partial charge >= 0.3 is 0 Å². The van der Waals surface area contributed by atoms with Crippen molar-refractivity contribution in [2.24, 2.45) is 5.73 Å². The van der Waals surface area contributed by atoms with Crippen LogP contribution in [0, 0.1) is 6.92 Å². The largest absolute Gasteiger partial charge is 0.349 e. The van der Waals surface area contributed by atoms with E-state index in [-0.39, 0.29) is 18.0 Å². The van der Waals surface area contributed by atoms with Crippen LogP contribution >= 0.6 is 15.9 Å². The van der Waals surface area contributed by atoms with Crippen LogP contribution in [-0.2, 0) is 23.0 Å². The minimum atomic E-state index is -3.58. The Hall–Kier alpha value is -1.22. The molecule has 0 fully saturated rings. The van der Waals surface area contributed by atoms with E-state index in [1.54, 1.807) is 25.4 Å². The van der Waals surface area contributed by atoms with Crippen LogP contribution in [0.25, 0.3) is 0 Å². The van der Waals surface area contributed by atoms with Gasteiger partial charge in [0.2, 0.25) is 10.0 Å². The van der Waals surface area contributed by atoms with Gasteiger partial charge in [-0.15, -0.1) is 0 Å². The molecule has 114 valence electrons. The number of benzene rings is 1. The Morgan fingerprint density at radius 2 is 2.19 bits per heavy atom. The number of rotatable bonds is 6. The first-order chi connectivity index (χ1) is 9.94. The van der Waals surface area contributed by atoms with Gasteiger partial charge in [-0.1, -0.05) is 15.9 Å². The second-order valence-electron chi connectivity index (χ2n) is 4.59. The Morgan fingerprint density at radius 3 is 2.81 bits per heavy atom. The molecular weight excluding hydrogens is 356 g/mol. The summed E-state index contributed by atoms with van der Waals surface area (Å²) in [7, 11) is -3.58. The van der Waals surface area contributed by atoms with E-state index in [9.17, 15) is 8.42 Å². The zero-order chi connectivity index (χ0) is 15.5. The number of imidazole rings is 1. The molecule has 0 unspecified atom stereocenters. The molecule has 0 aliphatic carbocycles. The molecule has 0 aliphatic rings. The van der Waals surface area contributed by atoms with E-state index in [0.717, 1.165) is 15.9 Å². The number of halogens is 1. The van der Waals surface area contributed by atoms with Gasteiger partial charge in [0, 0.05) is 36.4 Å². The van der Waals surface area contributed by atoms with Crippen molar-refractivity contribution in [1.29, 1.82) is 0 Å². The summed E-state index contributed by atoms with van der Waals surface area (Å²) in [5, 5.41) is 0. The maximum absolute atomic E-state index is 12.4. The van der Waals surface area contributed by atoms with Crippen molar-refractivity contribution in [3.63, 3.8) is 0 Å². The van der Waals surface area contributed by atoms with Crippen LogP contribution in [0.15, 0.2) is 33.9 Å². The highest BCUT2D eigenvalue weighted by molar-refractivity contribution is 9.10.